The van der Waals surface area contributed by atoms with Gasteiger partial charge in [-0.3, -0.25) is 4.79 Å². The average Bonchev–Trinajstić information content (AvgIpc) is 2.65. The lowest BCUT2D eigenvalue weighted by molar-refractivity contribution is -0.111. The first-order valence-corrected chi connectivity index (χ1v) is 8.39. The SMILES string of the molecule is CCC(C)c1ccccc1NC(=O)/C=C/c1ccc(OC)c(OC)c1. The Morgan fingerprint density at radius 3 is 2.52 bits per heavy atom. The van der Waals surface area contributed by atoms with Crippen molar-refractivity contribution in [1.29, 1.82) is 0 Å². The van der Waals surface area contributed by atoms with Crippen molar-refractivity contribution in [2.75, 3.05) is 19.5 Å². The number of methoxy groups -OCH3 is 2. The van der Waals surface area contributed by atoms with Crippen LogP contribution >= 0.6 is 0 Å². The van der Waals surface area contributed by atoms with E-state index in [0.717, 1.165) is 23.2 Å². The van der Waals surface area contributed by atoms with Gasteiger partial charge in [0.15, 0.2) is 11.5 Å². The van der Waals surface area contributed by atoms with Crippen LogP contribution in [-0.4, -0.2) is 20.1 Å². The standard InChI is InChI=1S/C21H25NO3/c1-5-15(2)17-8-6-7-9-18(17)22-21(23)13-11-16-10-12-19(24-3)20(14-16)25-4/h6-15H,5H2,1-4H3,(H,22,23)/b13-11+. The Hall–Kier alpha value is -2.75. The molecule has 0 heterocycles. The van der Waals surface area contributed by atoms with Crippen LogP contribution in [0.1, 0.15) is 37.3 Å². The lowest BCUT2D eigenvalue weighted by atomic mass is 9.97. The van der Waals surface area contributed by atoms with Gasteiger partial charge in [0.2, 0.25) is 5.91 Å². The number of anilines is 1. The predicted octanol–water partition coefficient (Wildman–Crippen LogP) is 4.87. The number of carbonyl (C=O) groups is 1. The van der Waals surface area contributed by atoms with Gasteiger partial charge in [0.05, 0.1) is 14.2 Å². The van der Waals surface area contributed by atoms with Crippen molar-refractivity contribution >= 4 is 17.7 Å². The van der Waals surface area contributed by atoms with Gasteiger partial charge in [-0.05, 0) is 47.7 Å². The summed E-state index contributed by atoms with van der Waals surface area (Å²) in [6.07, 6.45) is 4.30. The lowest BCUT2D eigenvalue weighted by Gasteiger charge is -2.14. The Labute approximate surface area is 149 Å². The fourth-order valence-corrected chi connectivity index (χ4v) is 2.56. The van der Waals surface area contributed by atoms with Crippen molar-refractivity contribution in [2.24, 2.45) is 0 Å². The third-order valence-electron chi connectivity index (χ3n) is 4.20. The zero-order valence-corrected chi connectivity index (χ0v) is 15.2. The van der Waals surface area contributed by atoms with E-state index in [1.807, 2.05) is 36.4 Å². The second-order valence-corrected chi connectivity index (χ2v) is 5.83. The van der Waals surface area contributed by atoms with Crippen LogP contribution in [0.25, 0.3) is 6.08 Å². The highest BCUT2D eigenvalue weighted by Gasteiger charge is 2.09. The summed E-state index contributed by atoms with van der Waals surface area (Å²) in [7, 11) is 3.18. The van der Waals surface area contributed by atoms with Crippen LogP contribution in [0.5, 0.6) is 11.5 Å². The molecule has 1 unspecified atom stereocenters. The molecule has 132 valence electrons. The summed E-state index contributed by atoms with van der Waals surface area (Å²) in [5.74, 6) is 1.52. The van der Waals surface area contributed by atoms with E-state index in [9.17, 15) is 4.79 Å². The van der Waals surface area contributed by atoms with Gasteiger partial charge in [0.25, 0.3) is 0 Å². The topological polar surface area (TPSA) is 47.6 Å². The molecule has 1 amide bonds. The van der Waals surface area contributed by atoms with Crippen molar-refractivity contribution in [3.63, 3.8) is 0 Å². The second-order valence-electron chi connectivity index (χ2n) is 5.83. The van der Waals surface area contributed by atoms with Crippen molar-refractivity contribution in [3.05, 3.63) is 59.7 Å². The third-order valence-corrected chi connectivity index (χ3v) is 4.20. The number of benzene rings is 2. The van der Waals surface area contributed by atoms with Crippen molar-refractivity contribution < 1.29 is 14.3 Å². The zero-order chi connectivity index (χ0) is 18.2. The lowest BCUT2D eigenvalue weighted by Crippen LogP contribution is -2.10. The van der Waals surface area contributed by atoms with E-state index in [0.29, 0.717) is 17.4 Å². The molecule has 0 aliphatic heterocycles. The molecule has 0 aromatic heterocycles. The quantitative estimate of drug-likeness (QED) is 0.732. The van der Waals surface area contributed by atoms with Gasteiger partial charge in [-0.25, -0.2) is 0 Å². The Bertz CT molecular complexity index is 753. The van der Waals surface area contributed by atoms with E-state index >= 15 is 0 Å². The molecule has 0 radical (unpaired) electrons. The molecule has 4 heteroatoms. The molecule has 2 rings (SSSR count). The molecule has 2 aromatic rings. The maximum absolute atomic E-state index is 12.3. The molecule has 0 fully saturated rings. The van der Waals surface area contributed by atoms with Gasteiger partial charge in [0.1, 0.15) is 0 Å². The monoisotopic (exact) mass is 339 g/mol. The van der Waals surface area contributed by atoms with Crippen LogP contribution in [0.15, 0.2) is 48.5 Å². The van der Waals surface area contributed by atoms with Crippen LogP contribution in [0.4, 0.5) is 5.69 Å². The molecular formula is C21H25NO3. The number of amides is 1. The number of rotatable bonds is 7. The van der Waals surface area contributed by atoms with Crippen LogP contribution in [-0.2, 0) is 4.79 Å². The van der Waals surface area contributed by atoms with Gasteiger partial charge in [-0.1, -0.05) is 38.1 Å². The smallest absolute Gasteiger partial charge is 0.248 e. The van der Waals surface area contributed by atoms with Crippen LogP contribution < -0.4 is 14.8 Å². The molecule has 2 aromatic carbocycles. The predicted molar refractivity (Wildman–Crippen MR) is 102 cm³/mol. The minimum Gasteiger partial charge on any atom is -0.493 e. The number of carbonyl (C=O) groups excluding carboxylic acids is 1. The summed E-state index contributed by atoms with van der Waals surface area (Å²) in [6, 6.07) is 13.4. The Kier molecular flexibility index (Phi) is 6.63. The zero-order valence-electron chi connectivity index (χ0n) is 15.2. The van der Waals surface area contributed by atoms with Gasteiger partial charge in [-0.2, -0.15) is 0 Å². The normalized spacial score (nSPS) is 12.0. The van der Waals surface area contributed by atoms with Gasteiger partial charge < -0.3 is 14.8 Å². The average molecular weight is 339 g/mol. The number of ether oxygens (including phenoxy) is 2. The fraction of sp³-hybridized carbons (Fsp3) is 0.286. The molecular weight excluding hydrogens is 314 g/mol. The highest BCUT2D eigenvalue weighted by Crippen LogP contribution is 2.28. The summed E-state index contributed by atoms with van der Waals surface area (Å²) >= 11 is 0. The fourth-order valence-electron chi connectivity index (χ4n) is 2.56. The molecule has 4 nitrogen and oxygen atoms in total. The Morgan fingerprint density at radius 2 is 1.84 bits per heavy atom. The summed E-state index contributed by atoms with van der Waals surface area (Å²) in [5.41, 5.74) is 2.87. The summed E-state index contributed by atoms with van der Waals surface area (Å²) in [6.45, 7) is 4.30. The van der Waals surface area contributed by atoms with Gasteiger partial charge in [0, 0.05) is 11.8 Å². The van der Waals surface area contributed by atoms with Crippen LogP contribution in [0, 0.1) is 0 Å². The maximum atomic E-state index is 12.3. The van der Waals surface area contributed by atoms with Crippen molar-refractivity contribution in [1.82, 2.24) is 0 Å². The summed E-state index contributed by atoms with van der Waals surface area (Å²) in [5, 5.41) is 2.97. The first kappa shape index (κ1) is 18.6. The first-order valence-electron chi connectivity index (χ1n) is 8.39. The third kappa shape index (κ3) is 4.86. The molecule has 25 heavy (non-hydrogen) atoms. The Morgan fingerprint density at radius 1 is 1.12 bits per heavy atom. The number of hydrogen-bond donors (Lipinski definition) is 1. The minimum atomic E-state index is -0.162. The highest BCUT2D eigenvalue weighted by atomic mass is 16.5. The highest BCUT2D eigenvalue weighted by molar-refractivity contribution is 6.02. The van der Waals surface area contributed by atoms with Crippen molar-refractivity contribution in [2.45, 2.75) is 26.2 Å². The summed E-state index contributed by atoms with van der Waals surface area (Å²) in [4.78, 5) is 12.3. The van der Waals surface area contributed by atoms with E-state index in [4.69, 9.17) is 9.47 Å². The van der Waals surface area contributed by atoms with Gasteiger partial charge in [-0.15, -0.1) is 0 Å². The van der Waals surface area contributed by atoms with Crippen LogP contribution in [0.2, 0.25) is 0 Å². The van der Waals surface area contributed by atoms with Crippen molar-refractivity contribution in [3.8, 4) is 11.5 Å². The molecule has 0 saturated heterocycles. The number of hydrogen-bond acceptors (Lipinski definition) is 3. The molecule has 0 aliphatic rings. The van der Waals surface area contributed by atoms with E-state index < -0.39 is 0 Å². The molecule has 0 saturated carbocycles. The molecule has 1 N–H and O–H groups in total. The minimum absolute atomic E-state index is 0.162. The maximum Gasteiger partial charge on any atom is 0.248 e. The molecule has 0 aliphatic carbocycles. The summed E-state index contributed by atoms with van der Waals surface area (Å²) < 4.78 is 10.5. The van der Waals surface area contributed by atoms with E-state index in [1.165, 1.54) is 6.08 Å². The molecule has 0 spiro atoms. The number of nitrogens with one attached hydrogen (secondary N) is 1. The largest absolute Gasteiger partial charge is 0.493 e. The van der Waals surface area contributed by atoms with Crippen LogP contribution in [0.3, 0.4) is 0 Å². The van der Waals surface area contributed by atoms with E-state index in [-0.39, 0.29) is 5.91 Å². The first-order chi connectivity index (χ1) is 12.1. The second kappa shape index (κ2) is 8.92. The molecule has 0 bridgehead atoms. The molecule has 1 atom stereocenters. The number of para-hydroxylation sites is 1. The van der Waals surface area contributed by atoms with E-state index in [2.05, 4.69) is 25.2 Å². The van der Waals surface area contributed by atoms with E-state index in [1.54, 1.807) is 20.3 Å². The Balaban J connectivity index is 2.12. The van der Waals surface area contributed by atoms with Gasteiger partial charge >= 0.3 is 0 Å².